The van der Waals surface area contributed by atoms with Crippen LogP contribution in [0.3, 0.4) is 0 Å². The van der Waals surface area contributed by atoms with Crippen LogP contribution in [0.15, 0.2) is 23.6 Å². The van der Waals surface area contributed by atoms with Crippen molar-refractivity contribution < 1.29 is 38.2 Å². The van der Waals surface area contributed by atoms with Gasteiger partial charge in [-0.15, -0.1) is 11.3 Å². The number of piperidine rings is 1. The molecule has 3 amide bonds. The summed E-state index contributed by atoms with van der Waals surface area (Å²) in [4.78, 5) is 73.4. The first-order valence-electron chi connectivity index (χ1n) is 21.3. The van der Waals surface area contributed by atoms with Crippen LogP contribution in [0.2, 0.25) is 0 Å². The molecule has 3 rings (SSSR count). The lowest BCUT2D eigenvalue weighted by atomic mass is 9.84. The van der Waals surface area contributed by atoms with Gasteiger partial charge in [-0.05, 0) is 87.9 Å². The number of unbranched alkanes of at least 4 members (excludes halogenated alkanes) is 3. The van der Waals surface area contributed by atoms with E-state index in [9.17, 15) is 33.5 Å². The van der Waals surface area contributed by atoms with Crippen LogP contribution in [0.4, 0.5) is 10.1 Å². The molecule has 1 aliphatic heterocycles. The maximum Gasteiger partial charge on any atom is 0.309 e. The fourth-order valence-electron chi connectivity index (χ4n) is 7.61. The number of esters is 1. The Morgan fingerprint density at radius 3 is 2.42 bits per heavy atom. The highest BCUT2D eigenvalue weighted by molar-refractivity contribution is 7.09. The number of hydrogen-bond acceptors (Lipinski definition) is 10. The number of anilines is 1. The van der Waals surface area contributed by atoms with E-state index in [1.54, 1.807) is 25.3 Å². The van der Waals surface area contributed by atoms with Crippen molar-refractivity contribution in [3.63, 3.8) is 0 Å². The summed E-state index contributed by atoms with van der Waals surface area (Å²) in [6, 6.07) is 2.06. The minimum Gasteiger partial charge on any atom is -0.481 e. The van der Waals surface area contributed by atoms with Gasteiger partial charge in [0.1, 0.15) is 22.6 Å². The van der Waals surface area contributed by atoms with Crippen LogP contribution in [-0.2, 0) is 30.3 Å². The monoisotopic (exact) mass is 844 g/mol. The first-order valence-corrected chi connectivity index (χ1v) is 22.2. The number of nitrogen functional groups attached to an aromatic ring is 1. The molecule has 0 aliphatic carbocycles. The number of aromatic nitrogens is 1. The molecule has 13 nitrogen and oxygen atoms in total. The number of benzene rings is 1. The highest BCUT2D eigenvalue weighted by Gasteiger charge is 2.39. The fraction of sp³-hybridized carbons (Fsp3) is 0.682. The third-order valence-electron chi connectivity index (χ3n) is 11.5. The van der Waals surface area contributed by atoms with E-state index in [0.717, 1.165) is 50.0 Å². The largest absolute Gasteiger partial charge is 0.481 e. The molecule has 7 atom stereocenters. The Morgan fingerprint density at radius 1 is 1.12 bits per heavy atom. The molecular weight excluding hydrogens is 776 g/mol. The molecule has 0 spiro atoms. The standard InChI is InChI=1S/C44H69FN6O7S/c1-10-12-13-14-19-51(42(55)38(28(6)11-2)50-39(53)34-20-27(5)17-18-47-34)36(26(3)4)23-37(58-29(7)52)41-49-35(25-59-41)40(54)48-31(24-44(8,9)43(56)57)21-30-15-16-33(46)32(45)22-30/h15-16,22,25-28,31,34,36-38,47H,10-14,17-21,23-24,46H2,1-9H3,(H,48,54)(H,50,53)(H,56,57)/t27-,28+,31+,34-,36-,37-,38+/m1/s1. The molecular formula is C44H69FN6O7S. The van der Waals surface area contributed by atoms with Gasteiger partial charge < -0.3 is 36.4 Å². The van der Waals surface area contributed by atoms with Crippen LogP contribution >= 0.6 is 11.3 Å². The van der Waals surface area contributed by atoms with Crippen LogP contribution in [0.5, 0.6) is 0 Å². The number of hydrogen-bond donors (Lipinski definition) is 5. The summed E-state index contributed by atoms with van der Waals surface area (Å²) in [5.41, 5.74) is 5.00. The molecule has 1 aliphatic rings. The molecule has 2 aromatic rings. The summed E-state index contributed by atoms with van der Waals surface area (Å²) in [7, 11) is 0. The number of thiazole rings is 1. The van der Waals surface area contributed by atoms with Gasteiger partial charge in [0.25, 0.3) is 5.91 Å². The molecule has 330 valence electrons. The summed E-state index contributed by atoms with van der Waals surface area (Å²) < 4.78 is 20.2. The summed E-state index contributed by atoms with van der Waals surface area (Å²) in [6.45, 7) is 17.9. The molecule has 59 heavy (non-hydrogen) atoms. The van der Waals surface area contributed by atoms with E-state index in [1.807, 2.05) is 32.6 Å². The maximum absolute atomic E-state index is 14.8. The van der Waals surface area contributed by atoms with Crippen molar-refractivity contribution in [2.75, 3.05) is 18.8 Å². The zero-order valence-electron chi connectivity index (χ0n) is 36.6. The van der Waals surface area contributed by atoms with Gasteiger partial charge in [0.2, 0.25) is 11.8 Å². The topological polar surface area (TPSA) is 193 Å². The van der Waals surface area contributed by atoms with E-state index >= 15 is 0 Å². The lowest BCUT2D eigenvalue weighted by molar-refractivity contribution is -0.150. The number of carbonyl (C=O) groups excluding carboxylic acids is 4. The third kappa shape index (κ3) is 14.8. The summed E-state index contributed by atoms with van der Waals surface area (Å²) in [5.74, 6) is -2.98. The van der Waals surface area contributed by atoms with Crippen LogP contribution in [0, 0.1) is 29.0 Å². The number of carboxylic acids is 1. The highest BCUT2D eigenvalue weighted by Crippen LogP contribution is 2.32. The number of carbonyl (C=O) groups is 5. The van der Waals surface area contributed by atoms with Crippen LogP contribution in [0.1, 0.15) is 147 Å². The summed E-state index contributed by atoms with van der Waals surface area (Å²) in [5, 5.41) is 21.1. The lowest BCUT2D eigenvalue weighted by Crippen LogP contribution is -2.59. The van der Waals surface area contributed by atoms with Crippen molar-refractivity contribution >= 4 is 46.7 Å². The quantitative estimate of drug-likeness (QED) is 0.0440. The number of nitrogens with two attached hydrogens (primary N) is 1. The van der Waals surface area contributed by atoms with Gasteiger partial charge in [0.15, 0.2) is 6.10 Å². The second-order valence-electron chi connectivity index (χ2n) is 17.4. The highest BCUT2D eigenvalue weighted by atomic mass is 32.1. The normalized spacial score (nSPS) is 18.3. The number of halogens is 1. The summed E-state index contributed by atoms with van der Waals surface area (Å²) in [6.07, 6.45) is 5.55. The Morgan fingerprint density at radius 2 is 1.83 bits per heavy atom. The van der Waals surface area contributed by atoms with Crippen molar-refractivity contribution in [1.82, 2.24) is 25.8 Å². The second-order valence-corrected chi connectivity index (χ2v) is 18.3. The third-order valence-corrected chi connectivity index (χ3v) is 12.4. The zero-order chi connectivity index (χ0) is 44.0. The summed E-state index contributed by atoms with van der Waals surface area (Å²) >= 11 is 1.14. The Labute approximate surface area is 354 Å². The Hall–Kier alpha value is -4.11. The SMILES string of the molecule is CCCCCCN(C(=O)[C@@H](NC(=O)[C@H]1C[C@H](C)CCN1)[C@@H](C)CC)[C@H](C[C@@H](OC(C)=O)c1nc(C(=O)N[C@@H](Cc2ccc(N)c(F)c2)CC(C)(C)C(=O)O)cs1)C(C)C. The number of amides is 3. The van der Waals surface area contributed by atoms with Crippen molar-refractivity contribution in [2.45, 2.75) is 157 Å². The van der Waals surface area contributed by atoms with Crippen molar-refractivity contribution in [1.29, 1.82) is 0 Å². The van der Waals surface area contributed by atoms with Gasteiger partial charge in [-0.25, -0.2) is 9.37 Å². The van der Waals surface area contributed by atoms with Crippen molar-refractivity contribution in [3.8, 4) is 0 Å². The van der Waals surface area contributed by atoms with Crippen molar-refractivity contribution in [2.24, 2.45) is 23.2 Å². The van der Waals surface area contributed by atoms with E-state index in [1.165, 1.54) is 19.1 Å². The number of nitrogens with zero attached hydrogens (tertiary/aromatic N) is 2. The Kier molecular flexibility index (Phi) is 19.2. The zero-order valence-corrected chi connectivity index (χ0v) is 37.4. The molecule has 0 radical (unpaired) electrons. The van der Waals surface area contributed by atoms with Gasteiger partial charge in [-0.3, -0.25) is 24.0 Å². The van der Waals surface area contributed by atoms with Crippen LogP contribution in [0.25, 0.3) is 0 Å². The van der Waals surface area contributed by atoms with Gasteiger partial charge in [-0.1, -0.05) is 73.3 Å². The van der Waals surface area contributed by atoms with E-state index in [2.05, 4.69) is 34.8 Å². The van der Waals surface area contributed by atoms with Crippen LogP contribution < -0.4 is 21.7 Å². The molecule has 6 N–H and O–H groups in total. The molecule has 0 unspecified atom stereocenters. The van der Waals surface area contributed by atoms with Gasteiger partial charge >= 0.3 is 11.9 Å². The molecule has 1 fully saturated rings. The minimum atomic E-state index is -1.22. The molecule has 0 bridgehead atoms. The fourth-order valence-corrected chi connectivity index (χ4v) is 8.45. The molecule has 2 heterocycles. The average molecular weight is 845 g/mol. The smallest absolute Gasteiger partial charge is 0.309 e. The maximum atomic E-state index is 14.8. The van der Waals surface area contributed by atoms with E-state index in [-0.39, 0.29) is 60.3 Å². The van der Waals surface area contributed by atoms with Gasteiger partial charge in [-0.2, -0.15) is 0 Å². The first-order chi connectivity index (χ1) is 27.8. The van der Waals surface area contributed by atoms with E-state index in [0.29, 0.717) is 35.9 Å². The molecule has 1 aromatic heterocycles. The average Bonchev–Trinajstić information content (AvgIpc) is 3.67. The van der Waals surface area contributed by atoms with Crippen LogP contribution in [-0.4, -0.2) is 81.9 Å². The van der Waals surface area contributed by atoms with Gasteiger partial charge in [0, 0.05) is 37.4 Å². The molecule has 1 aromatic carbocycles. The van der Waals surface area contributed by atoms with Crippen molar-refractivity contribution in [3.05, 3.63) is 45.7 Å². The number of ether oxygens (including phenoxy) is 1. The lowest BCUT2D eigenvalue weighted by Gasteiger charge is -2.40. The number of nitrogens with one attached hydrogen (secondary N) is 3. The predicted octanol–water partition coefficient (Wildman–Crippen LogP) is 7.05. The van der Waals surface area contributed by atoms with E-state index in [4.69, 9.17) is 10.5 Å². The first kappa shape index (κ1) is 49.3. The number of rotatable bonds is 23. The minimum absolute atomic E-state index is 0.0229. The molecule has 15 heteroatoms. The Bertz CT molecular complexity index is 1720. The molecule has 1 saturated heterocycles. The number of carboxylic acid groups (broad SMARTS) is 1. The molecule has 0 saturated carbocycles. The second kappa shape index (κ2) is 23.0. The van der Waals surface area contributed by atoms with Gasteiger partial charge in [0.05, 0.1) is 17.1 Å². The number of aliphatic carboxylic acids is 1. The predicted molar refractivity (Wildman–Crippen MR) is 229 cm³/mol. The van der Waals surface area contributed by atoms with E-state index < -0.39 is 53.3 Å². The Balaban J connectivity index is 1.94.